The average molecular weight is 296 g/mol. The van der Waals surface area contributed by atoms with Crippen molar-refractivity contribution in [1.82, 2.24) is 4.90 Å². The van der Waals surface area contributed by atoms with Gasteiger partial charge in [0.1, 0.15) is 0 Å². The molecule has 4 unspecified atom stereocenters. The maximum Gasteiger partial charge on any atom is 0.0502 e. The van der Waals surface area contributed by atoms with Crippen LogP contribution >= 0.6 is 0 Å². The van der Waals surface area contributed by atoms with Crippen LogP contribution in [-0.2, 0) is 4.74 Å². The topological polar surface area (TPSA) is 38.5 Å². The van der Waals surface area contributed by atoms with Gasteiger partial charge in [0.25, 0.3) is 0 Å². The third kappa shape index (κ3) is 4.43. The zero-order valence-corrected chi connectivity index (χ0v) is 14.6. The van der Waals surface area contributed by atoms with Gasteiger partial charge in [-0.1, -0.05) is 20.8 Å². The molecule has 124 valence electrons. The van der Waals surface area contributed by atoms with E-state index in [0.29, 0.717) is 17.4 Å². The predicted octanol–water partition coefficient (Wildman–Crippen LogP) is 3.13. The van der Waals surface area contributed by atoms with E-state index >= 15 is 0 Å². The first-order valence-electron chi connectivity index (χ1n) is 8.88. The van der Waals surface area contributed by atoms with E-state index < -0.39 is 0 Å². The Morgan fingerprint density at radius 2 is 1.95 bits per heavy atom. The van der Waals surface area contributed by atoms with Gasteiger partial charge < -0.3 is 10.5 Å². The fourth-order valence-electron chi connectivity index (χ4n) is 4.49. The van der Waals surface area contributed by atoms with Crippen molar-refractivity contribution in [3.8, 4) is 0 Å². The highest BCUT2D eigenvalue weighted by molar-refractivity contribution is 4.92. The van der Waals surface area contributed by atoms with Crippen LogP contribution in [0.1, 0.15) is 52.9 Å². The molecule has 4 atom stereocenters. The van der Waals surface area contributed by atoms with Crippen LogP contribution in [-0.4, -0.2) is 44.3 Å². The minimum absolute atomic E-state index is 0.430. The van der Waals surface area contributed by atoms with Crippen LogP contribution in [0.4, 0.5) is 0 Å². The molecule has 1 saturated carbocycles. The summed E-state index contributed by atoms with van der Waals surface area (Å²) in [6.45, 7) is 11.5. The first-order valence-corrected chi connectivity index (χ1v) is 8.88. The van der Waals surface area contributed by atoms with Crippen LogP contribution in [0, 0.1) is 23.2 Å². The van der Waals surface area contributed by atoms with Crippen LogP contribution in [0.25, 0.3) is 0 Å². The van der Waals surface area contributed by atoms with Crippen molar-refractivity contribution in [3.63, 3.8) is 0 Å². The Kier molecular flexibility index (Phi) is 6.10. The molecule has 0 amide bonds. The predicted molar refractivity (Wildman–Crippen MR) is 89.3 cm³/mol. The standard InChI is InChI=1S/C18H36N2O/c1-18(2,3)16-8-7-15(11-19)17(10-16)20-9-5-6-14(12-20)13-21-4/h14-17H,5-13,19H2,1-4H3. The second kappa shape index (κ2) is 7.43. The number of ether oxygens (including phenoxy) is 1. The Morgan fingerprint density at radius 1 is 1.19 bits per heavy atom. The van der Waals surface area contributed by atoms with Crippen molar-refractivity contribution < 1.29 is 4.74 Å². The highest BCUT2D eigenvalue weighted by Gasteiger charge is 2.39. The van der Waals surface area contributed by atoms with Crippen molar-refractivity contribution in [2.45, 2.75) is 58.9 Å². The third-order valence-corrected chi connectivity index (χ3v) is 5.91. The number of methoxy groups -OCH3 is 1. The highest BCUT2D eigenvalue weighted by atomic mass is 16.5. The molecule has 0 aromatic heterocycles. The molecule has 0 radical (unpaired) electrons. The largest absolute Gasteiger partial charge is 0.384 e. The molecule has 2 fully saturated rings. The second-order valence-electron chi connectivity index (χ2n) is 8.40. The van der Waals surface area contributed by atoms with E-state index in [1.165, 1.54) is 45.2 Å². The number of piperidine rings is 1. The molecule has 1 aliphatic carbocycles. The third-order valence-electron chi connectivity index (χ3n) is 5.91. The maximum absolute atomic E-state index is 6.10. The van der Waals surface area contributed by atoms with E-state index in [1.807, 2.05) is 7.11 Å². The molecular formula is C18H36N2O. The van der Waals surface area contributed by atoms with Gasteiger partial charge in [0, 0.05) is 19.7 Å². The average Bonchev–Trinajstić information content (AvgIpc) is 2.46. The quantitative estimate of drug-likeness (QED) is 0.866. The van der Waals surface area contributed by atoms with Gasteiger partial charge in [-0.2, -0.15) is 0 Å². The fourth-order valence-corrected chi connectivity index (χ4v) is 4.49. The zero-order valence-electron chi connectivity index (χ0n) is 14.6. The minimum atomic E-state index is 0.430. The van der Waals surface area contributed by atoms with Gasteiger partial charge in [0.15, 0.2) is 0 Å². The number of rotatable bonds is 4. The lowest BCUT2D eigenvalue weighted by molar-refractivity contribution is 0.00755. The van der Waals surface area contributed by atoms with E-state index in [2.05, 4.69) is 25.7 Å². The van der Waals surface area contributed by atoms with Crippen molar-refractivity contribution in [2.75, 3.05) is 33.4 Å². The number of nitrogens with zero attached hydrogens (tertiary/aromatic N) is 1. The fraction of sp³-hybridized carbons (Fsp3) is 1.00. The lowest BCUT2D eigenvalue weighted by Gasteiger charge is -2.48. The van der Waals surface area contributed by atoms with Crippen LogP contribution in [0.15, 0.2) is 0 Å². The number of hydrogen-bond acceptors (Lipinski definition) is 3. The van der Waals surface area contributed by atoms with Crippen molar-refractivity contribution >= 4 is 0 Å². The van der Waals surface area contributed by atoms with Gasteiger partial charge in [0.05, 0.1) is 6.61 Å². The molecule has 0 aromatic carbocycles. The Labute approximate surface area is 131 Å². The summed E-state index contributed by atoms with van der Waals surface area (Å²) < 4.78 is 5.39. The van der Waals surface area contributed by atoms with Gasteiger partial charge in [-0.05, 0) is 68.4 Å². The molecule has 0 spiro atoms. The molecule has 2 N–H and O–H groups in total. The van der Waals surface area contributed by atoms with E-state index in [4.69, 9.17) is 10.5 Å². The van der Waals surface area contributed by atoms with Gasteiger partial charge >= 0.3 is 0 Å². The molecule has 3 nitrogen and oxygen atoms in total. The first-order chi connectivity index (χ1) is 9.95. The zero-order chi connectivity index (χ0) is 15.5. The molecule has 3 heteroatoms. The molecule has 1 saturated heterocycles. The molecular weight excluding hydrogens is 260 g/mol. The Balaban J connectivity index is 2.02. The Bertz CT molecular complexity index is 311. The maximum atomic E-state index is 6.10. The number of likely N-dealkylation sites (tertiary alicyclic amines) is 1. The van der Waals surface area contributed by atoms with E-state index in [9.17, 15) is 0 Å². The summed E-state index contributed by atoms with van der Waals surface area (Å²) in [5.74, 6) is 2.26. The summed E-state index contributed by atoms with van der Waals surface area (Å²) in [5, 5.41) is 0. The Morgan fingerprint density at radius 3 is 2.57 bits per heavy atom. The minimum Gasteiger partial charge on any atom is -0.384 e. The van der Waals surface area contributed by atoms with Crippen LogP contribution in [0.2, 0.25) is 0 Å². The highest BCUT2D eigenvalue weighted by Crippen LogP contribution is 2.42. The summed E-state index contributed by atoms with van der Waals surface area (Å²) >= 11 is 0. The van der Waals surface area contributed by atoms with Crippen LogP contribution in [0.3, 0.4) is 0 Å². The smallest absolute Gasteiger partial charge is 0.0502 e. The number of nitrogens with two attached hydrogens (primary N) is 1. The Hall–Kier alpha value is -0.120. The normalized spacial score (nSPS) is 35.9. The lowest BCUT2D eigenvalue weighted by Crippen LogP contribution is -2.52. The molecule has 1 aliphatic heterocycles. The molecule has 0 bridgehead atoms. The molecule has 2 aliphatic rings. The monoisotopic (exact) mass is 296 g/mol. The summed E-state index contributed by atoms with van der Waals surface area (Å²) in [6, 6.07) is 0.702. The van der Waals surface area contributed by atoms with Crippen molar-refractivity contribution in [1.29, 1.82) is 0 Å². The van der Waals surface area contributed by atoms with Crippen molar-refractivity contribution in [2.24, 2.45) is 28.9 Å². The summed E-state index contributed by atoms with van der Waals surface area (Å²) in [5.41, 5.74) is 6.53. The van der Waals surface area contributed by atoms with Gasteiger partial charge in [-0.3, -0.25) is 4.90 Å². The second-order valence-corrected chi connectivity index (χ2v) is 8.40. The lowest BCUT2D eigenvalue weighted by atomic mass is 9.67. The van der Waals surface area contributed by atoms with E-state index in [0.717, 1.165) is 25.0 Å². The molecule has 0 aromatic rings. The SMILES string of the molecule is COCC1CCCN(C2CC(C(C)(C)C)CCC2CN)C1. The van der Waals surface area contributed by atoms with Crippen molar-refractivity contribution in [3.05, 3.63) is 0 Å². The van der Waals surface area contributed by atoms with E-state index in [-0.39, 0.29) is 0 Å². The first kappa shape index (κ1) is 17.2. The van der Waals surface area contributed by atoms with E-state index in [1.54, 1.807) is 0 Å². The summed E-state index contributed by atoms with van der Waals surface area (Å²) in [7, 11) is 1.83. The van der Waals surface area contributed by atoms with Gasteiger partial charge in [-0.25, -0.2) is 0 Å². The molecule has 21 heavy (non-hydrogen) atoms. The molecule has 1 heterocycles. The summed E-state index contributed by atoms with van der Waals surface area (Å²) in [6.07, 6.45) is 6.66. The van der Waals surface area contributed by atoms with Gasteiger partial charge in [0.2, 0.25) is 0 Å². The van der Waals surface area contributed by atoms with Crippen LogP contribution in [0.5, 0.6) is 0 Å². The number of hydrogen-bond donors (Lipinski definition) is 1. The van der Waals surface area contributed by atoms with Gasteiger partial charge in [-0.15, -0.1) is 0 Å². The molecule has 2 rings (SSSR count). The summed E-state index contributed by atoms with van der Waals surface area (Å²) in [4.78, 5) is 2.75. The van der Waals surface area contributed by atoms with Crippen LogP contribution < -0.4 is 5.73 Å².